The van der Waals surface area contributed by atoms with E-state index >= 15 is 0 Å². The molecular weight excluding hydrogens is 600 g/mol. The SMILES string of the molecule is Cc1ncsc1-c1ccc([C@H](C)NC(=O)[C@@H]2C[C@@H](O)CN2C(=O)[C@@H](c2cc(N3CCC(C4CCNCC4)CC3)no2)C(C)C)cc1. The molecule has 10 nitrogen and oxygen atoms in total. The number of piperidine rings is 2. The fourth-order valence-corrected chi connectivity index (χ4v) is 8.42. The fraction of sp³-hybridized carbons (Fsp3) is 0.600. The monoisotopic (exact) mass is 648 g/mol. The number of carbonyl (C=O) groups excluding carboxylic acids is 2. The van der Waals surface area contributed by atoms with Gasteiger partial charge in [0, 0.05) is 32.1 Å². The summed E-state index contributed by atoms with van der Waals surface area (Å²) in [5.41, 5.74) is 4.90. The van der Waals surface area contributed by atoms with E-state index in [1.165, 1.54) is 12.8 Å². The van der Waals surface area contributed by atoms with Gasteiger partial charge in [0.1, 0.15) is 12.0 Å². The van der Waals surface area contributed by atoms with Crippen LogP contribution in [0.3, 0.4) is 0 Å². The zero-order valence-corrected chi connectivity index (χ0v) is 28.3. The smallest absolute Gasteiger partial charge is 0.243 e. The van der Waals surface area contributed by atoms with Crippen LogP contribution in [0.1, 0.15) is 81.9 Å². The Morgan fingerprint density at radius 3 is 2.41 bits per heavy atom. The van der Waals surface area contributed by atoms with Crippen molar-refractivity contribution in [1.82, 2.24) is 25.7 Å². The van der Waals surface area contributed by atoms with Gasteiger partial charge in [-0.1, -0.05) is 43.3 Å². The number of aromatic nitrogens is 2. The van der Waals surface area contributed by atoms with E-state index in [0.717, 1.165) is 78.4 Å². The topological polar surface area (TPSA) is 124 Å². The summed E-state index contributed by atoms with van der Waals surface area (Å²) >= 11 is 1.61. The number of nitrogens with one attached hydrogen (secondary N) is 2. The Morgan fingerprint density at radius 2 is 1.76 bits per heavy atom. The van der Waals surface area contributed by atoms with Crippen molar-refractivity contribution in [3.05, 3.63) is 52.9 Å². The number of hydrogen-bond donors (Lipinski definition) is 3. The van der Waals surface area contributed by atoms with E-state index < -0.39 is 18.1 Å². The number of carbonyl (C=O) groups is 2. The summed E-state index contributed by atoms with van der Waals surface area (Å²) in [6, 6.07) is 8.99. The predicted octanol–water partition coefficient (Wildman–Crippen LogP) is 4.90. The summed E-state index contributed by atoms with van der Waals surface area (Å²) in [6.45, 7) is 12.1. The molecule has 46 heavy (non-hydrogen) atoms. The molecule has 4 atom stereocenters. The molecule has 0 unspecified atom stereocenters. The van der Waals surface area contributed by atoms with Gasteiger partial charge in [-0.2, -0.15) is 0 Å². The molecule has 3 aliphatic rings. The molecule has 6 rings (SSSR count). The van der Waals surface area contributed by atoms with Gasteiger partial charge in [-0.15, -0.1) is 11.3 Å². The summed E-state index contributed by atoms with van der Waals surface area (Å²) in [5, 5.41) is 21.6. The molecular formula is C35H48N6O4S. The Morgan fingerprint density at radius 1 is 1.07 bits per heavy atom. The van der Waals surface area contributed by atoms with Crippen molar-refractivity contribution in [1.29, 1.82) is 0 Å². The number of aliphatic hydroxyl groups excluding tert-OH is 1. The molecule has 5 heterocycles. The molecule has 3 aliphatic heterocycles. The third-order valence-corrected chi connectivity index (χ3v) is 11.3. The van der Waals surface area contributed by atoms with Crippen LogP contribution in [-0.4, -0.2) is 76.8 Å². The zero-order valence-electron chi connectivity index (χ0n) is 27.4. The van der Waals surface area contributed by atoms with Gasteiger partial charge in [-0.05, 0) is 81.5 Å². The van der Waals surface area contributed by atoms with E-state index in [1.807, 2.05) is 63.5 Å². The van der Waals surface area contributed by atoms with Crippen molar-refractivity contribution in [3.8, 4) is 10.4 Å². The largest absolute Gasteiger partial charge is 0.391 e. The van der Waals surface area contributed by atoms with Crippen LogP contribution in [0.5, 0.6) is 0 Å². The lowest BCUT2D eigenvalue weighted by atomic mass is 9.79. The second-order valence-electron chi connectivity index (χ2n) is 13.7. The quantitative estimate of drug-likeness (QED) is 0.300. The van der Waals surface area contributed by atoms with Crippen molar-refractivity contribution in [2.24, 2.45) is 17.8 Å². The van der Waals surface area contributed by atoms with Gasteiger partial charge in [0.05, 0.1) is 28.2 Å². The van der Waals surface area contributed by atoms with Gasteiger partial charge in [-0.3, -0.25) is 9.59 Å². The summed E-state index contributed by atoms with van der Waals surface area (Å²) in [5.74, 6) is 1.69. The number of aryl methyl sites for hydroxylation is 1. The Balaban J connectivity index is 1.10. The maximum Gasteiger partial charge on any atom is 0.243 e. The van der Waals surface area contributed by atoms with Crippen molar-refractivity contribution >= 4 is 29.0 Å². The fourth-order valence-electron chi connectivity index (χ4n) is 7.61. The lowest BCUT2D eigenvalue weighted by Crippen LogP contribution is -2.48. The molecule has 1 aromatic carbocycles. The first-order valence-electron chi connectivity index (χ1n) is 16.9. The van der Waals surface area contributed by atoms with Crippen LogP contribution in [-0.2, 0) is 9.59 Å². The molecule has 3 N–H and O–H groups in total. The number of benzene rings is 1. The summed E-state index contributed by atoms with van der Waals surface area (Å²) in [6.07, 6.45) is 4.26. The minimum Gasteiger partial charge on any atom is -0.391 e. The minimum absolute atomic E-state index is 0.0833. The second-order valence-corrected chi connectivity index (χ2v) is 14.6. The zero-order chi connectivity index (χ0) is 32.4. The number of thiazole rings is 1. The predicted molar refractivity (Wildman–Crippen MR) is 180 cm³/mol. The van der Waals surface area contributed by atoms with Gasteiger partial charge in [0.25, 0.3) is 0 Å². The van der Waals surface area contributed by atoms with Crippen LogP contribution >= 0.6 is 11.3 Å². The van der Waals surface area contributed by atoms with Crippen molar-refractivity contribution in [2.75, 3.05) is 37.6 Å². The summed E-state index contributed by atoms with van der Waals surface area (Å²) < 4.78 is 5.84. The van der Waals surface area contributed by atoms with E-state index in [4.69, 9.17) is 4.52 Å². The van der Waals surface area contributed by atoms with E-state index in [0.29, 0.717) is 5.76 Å². The molecule has 0 bridgehead atoms. The molecule has 3 fully saturated rings. The van der Waals surface area contributed by atoms with Crippen LogP contribution in [0.2, 0.25) is 0 Å². The highest BCUT2D eigenvalue weighted by molar-refractivity contribution is 7.13. The Hall–Kier alpha value is -3.28. The van der Waals surface area contributed by atoms with Crippen LogP contribution in [0.25, 0.3) is 10.4 Å². The normalized spacial score (nSPS) is 22.7. The van der Waals surface area contributed by atoms with Crippen LogP contribution in [0.15, 0.2) is 40.4 Å². The van der Waals surface area contributed by atoms with E-state index in [1.54, 1.807) is 16.2 Å². The van der Waals surface area contributed by atoms with E-state index in [-0.39, 0.29) is 36.7 Å². The minimum atomic E-state index is -0.767. The van der Waals surface area contributed by atoms with E-state index in [2.05, 4.69) is 25.7 Å². The van der Waals surface area contributed by atoms with Crippen molar-refractivity contribution in [2.45, 2.75) is 83.9 Å². The third-order valence-electron chi connectivity index (χ3n) is 10.3. The molecule has 0 aliphatic carbocycles. The second kappa shape index (κ2) is 14.2. The van der Waals surface area contributed by atoms with Crippen LogP contribution in [0, 0.1) is 24.7 Å². The van der Waals surface area contributed by atoms with Gasteiger partial charge in [0.2, 0.25) is 11.8 Å². The Kier molecular flexibility index (Phi) is 10.1. The van der Waals surface area contributed by atoms with Crippen molar-refractivity contribution < 1.29 is 19.2 Å². The number of nitrogens with zero attached hydrogens (tertiary/aromatic N) is 4. The van der Waals surface area contributed by atoms with Crippen molar-refractivity contribution in [3.63, 3.8) is 0 Å². The summed E-state index contributed by atoms with van der Waals surface area (Å²) in [4.78, 5) is 37.0. The number of hydrogen-bond acceptors (Lipinski definition) is 9. The maximum absolute atomic E-state index is 14.1. The lowest BCUT2D eigenvalue weighted by molar-refractivity contribution is -0.141. The number of anilines is 1. The molecule has 2 aromatic heterocycles. The highest BCUT2D eigenvalue weighted by Gasteiger charge is 2.43. The number of likely N-dealkylation sites (tertiary alicyclic amines) is 1. The Bertz CT molecular complexity index is 1470. The first kappa shape index (κ1) is 32.7. The average Bonchev–Trinajstić information content (AvgIpc) is 3.82. The first-order valence-corrected chi connectivity index (χ1v) is 17.8. The summed E-state index contributed by atoms with van der Waals surface area (Å²) in [7, 11) is 0. The first-order chi connectivity index (χ1) is 22.2. The molecule has 3 aromatic rings. The molecule has 0 radical (unpaired) electrons. The van der Waals surface area contributed by atoms with Crippen LogP contribution in [0.4, 0.5) is 5.82 Å². The number of rotatable bonds is 9. The molecule has 3 saturated heterocycles. The molecule has 2 amide bonds. The number of β-amino-alcohol motifs (C(OH)–C–C–N with tert-alkyl or cyclic N) is 1. The Labute approximate surface area is 275 Å². The highest BCUT2D eigenvalue weighted by Crippen LogP contribution is 2.36. The molecule has 0 saturated carbocycles. The molecule has 11 heteroatoms. The average molecular weight is 649 g/mol. The van der Waals surface area contributed by atoms with Gasteiger partial charge < -0.3 is 30.1 Å². The van der Waals surface area contributed by atoms with Gasteiger partial charge >= 0.3 is 0 Å². The highest BCUT2D eigenvalue weighted by atomic mass is 32.1. The number of amides is 2. The third kappa shape index (κ3) is 7.01. The lowest BCUT2D eigenvalue weighted by Gasteiger charge is -2.37. The maximum atomic E-state index is 14.1. The van der Waals surface area contributed by atoms with E-state index in [9.17, 15) is 14.7 Å². The number of aliphatic hydroxyl groups is 1. The molecule has 0 spiro atoms. The molecule has 248 valence electrons. The van der Waals surface area contributed by atoms with Crippen LogP contribution < -0.4 is 15.5 Å². The van der Waals surface area contributed by atoms with Gasteiger partial charge in [-0.25, -0.2) is 4.98 Å². The standard InChI is InChI=1S/C35H48N6O4S/c1-21(2)32(30-18-31(39-45-30)40-15-11-26(12-16-40)25-9-13-36-14-10-25)35(44)41-19-28(42)17-29(41)34(43)38-22(3)24-5-7-27(8-6-24)33-23(4)37-20-46-33/h5-8,18,20-22,25-26,28-29,32,36,42H,9-17,19H2,1-4H3,(H,38,43)/t22-,28+,29-,32+/m0/s1. The van der Waals surface area contributed by atoms with Gasteiger partial charge in [0.15, 0.2) is 11.6 Å².